The molecule has 0 fully saturated rings. The van der Waals surface area contributed by atoms with Gasteiger partial charge in [-0.2, -0.15) is 0 Å². The van der Waals surface area contributed by atoms with Crippen LogP contribution in [0.2, 0.25) is 0 Å². The van der Waals surface area contributed by atoms with E-state index in [4.69, 9.17) is 14.4 Å². The van der Waals surface area contributed by atoms with Gasteiger partial charge in [-0.05, 0) is 19.0 Å². The maximum Gasteiger partial charge on any atom is 0.308 e. The molecule has 0 bridgehead atoms. The zero-order chi connectivity index (χ0) is 14.4. The minimum absolute atomic E-state index is 0.159. The van der Waals surface area contributed by atoms with Gasteiger partial charge < -0.3 is 19.3 Å². The molecule has 1 heterocycles. The minimum Gasteiger partial charge on any atom is -0.481 e. The van der Waals surface area contributed by atoms with Crippen molar-refractivity contribution in [1.82, 2.24) is 10.1 Å². The summed E-state index contributed by atoms with van der Waals surface area (Å²) in [7, 11) is 0. The number of likely N-dealkylation sites (N-methyl/N-ethyl adjacent to an activating group) is 1. The SMILES string of the molecule is CCN(CC(C)C(=O)O)C(=O)COc1cc(C)on1. The summed E-state index contributed by atoms with van der Waals surface area (Å²) < 4.78 is 9.97. The third-order valence-corrected chi connectivity index (χ3v) is 2.60. The van der Waals surface area contributed by atoms with E-state index in [9.17, 15) is 9.59 Å². The van der Waals surface area contributed by atoms with E-state index >= 15 is 0 Å². The topological polar surface area (TPSA) is 92.9 Å². The molecule has 1 unspecified atom stereocenters. The minimum atomic E-state index is -0.931. The van der Waals surface area contributed by atoms with Gasteiger partial charge in [0.15, 0.2) is 6.61 Å². The Morgan fingerprint density at radius 2 is 2.26 bits per heavy atom. The number of carboxylic acid groups (broad SMARTS) is 1. The van der Waals surface area contributed by atoms with Crippen LogP contribution in [-0.4, -0.2) is 46.7 Å². The molecule has 1 aromatic heterocycles. The highest BCUT2D eigenvalue weighted by molar-refractivity contribution is 5.78. The molecule has 0 radical (unpaired) electrons. The van der Waals surface area contributed by atoms with Crippen molar-refractivity contribution < 1.29 is 24.0 Å². The summed E-state index contributed by atoms with van der Waals surface area (Å²) in [6.45, 7) is 5.46. The molecule has 19 heavy (non-hydrogen) atoms. The van der Waals surface area contributed by atoms with Crippen LogP contribution in [0.15, 0.2) is 10.6 Å². The van der Waals surface area contributed by atoms with Gasteiger partial charge in [0.25, 0.3) is 11.8 Å². The largest absolute Gasteiger partial charge is 0.481 e. The van der Waals surface area contributed by atoms with E-state index < -0.39 is 11.9 Å². The lowest BCUT2D eigenvalue weighted by Crippen LogP contribution is -2.39. The second-order valence-electron chi connectivity index (χ2n) is 4.24. The molecule has 0 aliphatic carbocycles. The average Bonchev–Trinajstić information content (AvgIpc) is 2.78. The fraction of sp³-hybridized carbons (Fsp3) is 0.583. The number of aromatic nitrogens is 1. The van der Waals surface area contributed by atoms with Crippen molar-refractivity contribution in [2.24, 2.45) is 5.92 Å². The molecule has 0 saturated heterocycles. The fourth-order valence-corrected chi connectivity index (χ4v) is 1.45. The van der Waals surface area contributed by atoms with E-state index in [1.54, 1.807) is 26.8 Å². The molecule has 1 rings (SSSR count). The second-order valence-corrected chi connectivity index (χ2v) is 4.24. The number of hydrogen-bond acceptors (Lipinski definition) is 5. The van der Waals surface area contributed by atoms with Gasteiger partial charge >= 0.3 is 5.97 Å². The summed E-state index contributed by atoms with van der Waals surface area (Å²) in [6.07, 6.45) is 0. The molecule has 7 nitrogen and oxygen atoms in total. The number of carboxylic acids is 1. The predicted octanol–water partition coefficient (Wildman–Crippen LogP) is 0.931. The van der Waals surface area contributed by atoms with Crippen LogP contribution in [0, 0.1) is 12.8 Å². The summed E-state index contributed by atoms with van der Waals surface area (Å²) in [5.41, 5.74) is 0. The van der Waals surface area contributed by atoms with E-state index in [0.29, 0.717) is 12.3 Å². The molecule has 1 aromatic rings. The van der Waals surface area contributed by atoms with Crippen molar-refractivity contribution in [2.75, 3.05) is 19.7 Å². The van der Waals surface area contributed by atoms with Crippen molar-refractivity contribution >= 4 is 11.9 Å². The monoisotopic (exact) mass is 270 g/mol. The molecule has 7 heteroatoms. The first-order chi connectivity index (χ1) is 8.93. The van der Waals surface area contributed by atoms with Crippen molar-refractivity contribution in [3.05, 3.63) is 11.8 Å². The van der Waals surface area contributed by atoms with Crippen LogP contribution in [0.1, 0.15) is 19.6 Å². The molecule has 1 atom stereocenters. The van der Waals surface area contributed by atoms with Gasteiger partial charge in [-0.3, -0.25) is 9.59 Å². The highest BCUT2D eigenvalue weighted by Crippen LogP contribution is 2.10. The number of carbonyl (C=O) groups excluding carboxylic acids is 1. The Hall–Kier alpha value is -2.05. The molecule has 1 amide bonds. The molecule has 0 aromatic carbocycles. The summed E-state index contributed by atoms with van der Waals surface area (Å²) >= 11 is 0. The smallest absolute Gasteiger partial charge is 0.308 e. The third kappa shape index (κ3) is 4.61. The average molecular weight is 270 g/mol. The standard InChI is InChI=1S/C12H18N2O5/c1-4-14(6-8(2)12(16)17)11(15)7-18-10-5-9(3)19-13-10/h5,8H,4,6-7H2,1-3H3,(H,16,17). The molecule has 0 aliphatic rings. The van der Waals surface area contributed by atoms with E-state index in [1.807, 2.05) is 0 Å². The van der Waals surface area contributed by atoms with Crippen molar-refractivity contribution in [3.63, 3.8) is 0 Å². The number of hydrogen-bond donors (Lipinski definition) is 1. The van der Waals surface area contributed by atoms with Gasteiger partial charge in [0.1, 0.15) is 5.76 Å². The summed E-state index contributed by atoms with van der Waals surface area (Å²) in [5, 5.41) is 12.4. The van der Waals surface area contributed by atoms with Crippen LogP contribution in [0.25, 0.3) is 0 Å². The number of carbonyl (C=O) groups is 2. The van der Waals surface area contributed by atoms with E-state index in [0.717, 1.165) is 0 Å². The van der Waals surface area contributed by atoms with E-state index in [1.165, 1.54) is 4.90 Å². The summed E-state index contributed by atoms with van der Waals surface area (Å²) in [4.78, 5) is 24.1. The highest BCUT2D eigenvalue weighted by Gasteiger charge is 2.19. The summed E-state index contributed by atoms with van der Waals surface area (Å²) in [5.74, 6) is -0.990. The maximum atomic E-state index is 11.9. The third-order valence-electron chi connectivity index (χ3n) is 2.60. The summed E-state index contributed by atoms with van der Waals surface area (Å²) in [6, 6.07) is 1.57. The van der Waals surface area contributed by atoms with Crippen molar-refractivity contribution in [3.8, 4) is 5.88 Å². The fourth-order valence-electron chi connectivity index (χ4n) is 1.45. The first-order valence-electron chi connectivity index (χ1n) is 6.00. The van der Waals surface area contributed by atoms with Gasteiger partial charge in [-0.1, -0.05) is 6.92 Å². The zero-order valence-electron chi connectivity index (χ0n) is 11.3. The van der Waals surface area contributed by atoms with Crippen LogP contribution in [0.5, 0.6) is 5.88 Å². The first kappa shape index (κ1) is 15.0. The number of aryl methyl sites for hydroxylation is 1. The lowest BCUT2D eigenvalue weighted by molar-refractivity contribution is -0.143. The Balaban J connectivity index is 2.47. The van der Waals surface area contributed by atoms with E-state index in [-0.39, 0.29) is 24.9 Å². The van der Waals surface area contributed by atoms with Gasteiger partial charge in [-0.15, -0.1) is 0 Å². The lowest BCUT2D eigenvalue weighted by atomic mass is 10.1. The normalized spacial score (nSPS) is 11.9. The lowest BCUT2D eigenvalue weighted by Gasteiger charge is -2.22. The highest BCUT2D eigenvalue weighted by atomic mass is 16.5. The Morgan fingerprint density at radius 1 is 1.58 bits per heavy atom. The number of aliphatic carboxylic acids is 1. The van der Waals surface area contributed by atoms with Crippen LogP contribution < -0.4 is 4.74 Å². The van der Waals surface area contributed by atoms with Crippen LogP contribution >= 0.6 is 0 Å². The Kier molecular flexibility index (Phi) is 5.35. The maximum absolute atomic E-state index is 11.9. The Morgan fingerprint density at radius 3 is 2.74 bits per heavy atom. The molecular weight excluding hydrogens is 252 g/mol. The number of ether oxygens (including phenoxy) is 1. The molecule has 1 N–H and O–H groups in total. The molecule has 0 spiro atoms. The number of nitrogens with zero attached hydrogens (tertiary/aromatic N) is 2. The quantitative estimate of drug-likeness (QED) is 0.792. The number of amides is 1. The van der Waals surface area contributed by atoms with Gasteiger partial charge in [0.05, 0.1) is 5.92 Å². The van der Waals surface area contributed by atoms with Crippen LogP contribution in [-0.2, 0) is 9.59 Å². The van der Waals surface area contributed by atoms with Crippen LogP contribution in [0.3, 0.4) is 0 Å². The number of rotatable bonds is 7. The van der Waals surface area contributed by atoms with Gasteiger partial charge in [-0.25, -0.2) is 0 Å². The predicted molar refractivity (Wildman–Crippen MR) is 65.8 cm³/mol. The van der Waals surface area contributed by atoms with Crippen LogP contribution in [0.4, 0.5) is 0 Å². The molecule has 0 saturated carbocycles. The first-order valence-corrected chi connectivity index (χ1v) is 6.00. The Labute approximate surface area is 111 Å². The molecular formula is C12H18N2O5. The van der Waals surface area contributed by atoms with Crippen molar-refractivity contribution in [1.29, 1.82) is 0 Å². The van der Waals surface area contributed by atoms with Gasteiger partial charge in [0, 0.05) is 19.2 Å². The molecule has 106 valence electrons. The van der Waals surface area contributed by atoms with E-state index in [2.05, 4.69) is 5.16 Å². The zero-order valence-corrected chi connectivity index (χ0v) is 11.3. The Bertz CT molecular complexity index is 443. The van der Waals surface area contributed by atoms with Gasteiger partial charge in [0.2, 0.25) is 0 Å². The van der Waals surface area contributed by atoms with Crippen molar-refractivity contribution in [2.45, 2.75) is 20.8 Å². The molecule has 0 aliphatic heterocycles. The second kappa shape index (κ2) is 6.77.